The van der Waals surface area contributed by atoms with E-state index in [4.69, 9.17) is 5.11 Å². The summed E-state index contributed by atoms with van der Waals surface area (Å²) in [6.45, 7) is -0.124. The molecule has 112 valence electrons. The van der Waals surface area contributed by atoms with Crippen molar-refractivity contribution >= 4 is 10.0 Å². The molecular weight excluding hydrogens is 281 g/mol. The number of hydrogen-bond acceptors (Lipinski definition) is 3. The molecular formula is C14H20FNO3S. The van der Waals surface area contributed by atoms with E-state index in [-0.39, 0.29) is 24.1 Å². The van der Waals surface area contributed by atoms with Crippen molar-refractivity contribution in [2.24, 2.45) is 0 Å². The molecule has 0 aliphatic heterocycles. The second-order valence-electron chi connectivity index (χ2n) is 5.09. The lowest BCUT2D eigenvalue weighted by Gasteiger charge is -2.33. The maximum Gasteiger partial charge on any atom is 0.243 e. The Kier molecular flexibility index (Phi) is 5.12. The van der Waals surface area contributed by atoms with Gasteiger partial charge in [-0.3, -0.25) is 0 Å². The van der Waals surface area contributed by atoms with Gasteiger partial charge < -0.3 is 5.11 Å². The highest BCUT2D eigenvalue weighted by atomic mass is 32.2. The lowest BCUT2D eigenvalue weighted by Crippen LogP contribution is -2.43. The number of sulfonamides is 1. The van der Waals surface area contributed by atoms with Gasteiger partial charge in [-0.25, -0.2) is 12.8 Å². The normalized spacial score (nSPS) is 17.6. The molecule has 6 heteroatoms. The van der Waals surface area contributed by atoms with E-state index in [1.807, 2.05) is 0 Å². The van der Waals surface area contributed by atoms with E-state index in [1.54, 1.807) is 0 Å². The molecule has 0 bridgehead atoms. The Bertz CT molecular complexity index is 524. The molecule has 0 atom stereocenters. The van der Waals surface area contributed by atoms with E-state index in [0.717, 1.165) is 44.2 Å². The molecule has 1 saturated carbocycles. The fourth-order valence-corrected chi connectivity index (χ4v) is 4.38. The number of rotatable bonds is 5. The Hall–Kier alpha value is -0.980. The standard InChI is InChI=1S/C14H20FNO3S/c15-12-6-8-14(9-7-12)20(18,19)16(10-11-17)13-4-2-1-3-5-13/h6-9,13,17H,1-5,10-11H2. The van der Waals surface area contributed by atoms with E-state index in [0.29, 0.717) is 0 Å². The van der Waals surface area contributed by atoms with Crippen LogP contribution in [0, 0.1) is 5.82 Å². The summed E-state index contributed by atoms with van der Waals surface area (Å²) in [7, 11) is -3.67. The molecule has 1 aliphatic carbocycles. The van der Waals surface area contributed by atoms with Crippen LogP contribution in [0.25, 0.3) is 0 Å². The SMILES string of the molecule is O=S(=O)(c1ccc(F)cc1)N(CCO)C1CCCCC1. The predicted molar refractivity (Wildman–Crippen MR) is 74.3 cm³/mol. The number of aliphatic hydroxyl groups excluding tert-OH is 1. The summed E-state index contributed by atoms with van der Waals surface area (Å²) in [6.07, 6.45) is 4.78. The zero-order valence-electron chi connectivity index (χ0n) is 11.3. The lowest BCUT2D eigenvalue weighted by atomic mass is 9.95. The molecule has 1 aromatic carbocycles. The van der Waals surface area contributed by atoms with E-state index in [2.05, 4.69) is 0 Å². The summed E-state index contributed by atoms with van der Waals surface area (Å²) in [5.41, 5.74) is 0. The summed E-state index contributed by atoms with van der Waals surface area (Å²) < 4.78 is 39.6. The number of halogens is 1. The first-order chi connectivity index (χ1) is 9.55. The van der Waals surface area contributed by atoms with Gasteiger partial charge in [0.1, 0.15) is 5.82 Å². The first-order valence-electron chi connectivity index (χ1n) is 6.94. The highest BCUT2D eigenvalue weighted by Crippen LogP contribution is 2.27. The van der Waals surface area contributed by atoms with E-state index < -0.39 is 15.8 Å². The maximum absolute atomic E-state index is 12.9. The van der Waals surface area contributed by atoms with Crippen molar-refractivity contribution in [3.8, 4) is 0 Å². The van der Waals surface area contributed by atoms with E-state index in [1.165, 1.54) is 16.4 Å². The van der Waals surface area contributed by atoms with Crippen molar-refractivity contribution in [3.05, 3.63) is 30.1 Å². The molecule has 0 spiro atoms. The van der Waals surface area contributed by atoms with Gasteiger partial charge in [0.15, 0.2) is 0 Å². The third kappa shape index (κ3) is 3.37. The molecule has 20 heavy (non-hydrogen) atoms. The van der Waals surface area contributed by atoms with Crippen LogP contribution < -0.4 is 0 Å². The van der Waals surface area contributed by atoms with Gasteiger partial charge in [-0.15, -0.1) is 0 Å². The maximum atomic E-state index is 12.9. The summed E-state index contributed by atoms with van der Waals surface area (Å²) in [4.78, 5) is 0.0814. The Balaban J connectivity index is 2.28. The van der Waals surface area contributed by atoms with Crippen LogP contribution in [0.15, 0.2) is 29.2 Å². The highest BCUT2D eigenvalue weighted by molar-refractivity contribution is 7.89. The van der Waals surface area contributed by atoms with Crippen LogP contribution in [-0.2, 0) is 10.0 Å². The monoisotopic (exact) mass is 301 g/mol. The van der Waals surface area contributed by atoms with Gasteiger partial charge in [-0.2, -0.15) is 4.31 Å². The molecule has 4 nitrogen and oxygen atoms in total. The van der Waals surface area contributed by atoms with Crippen LogP contribution in [0.4, 0.5) is 4.39 Å². The van der Waals surface area contributed by atoms with Gasteiger partial charge in [-0.1, -0.05) is 19.3 Å². The molecule has 0 radical (unpaired) electrons. The van der Waals surface area contributed by atoms with Gasteiger partial charge >= 0.3 is 0 Å². The third-order valence-corrected chi connectivity index (χ3v) is 5.69. The molecule has 0 heterocycles. The second kappa shape index (κ2) is 6.65. The van der Waals surface area contributed by atoms with Gasteiger partial charge in [-0.05, 0) is 37.1 Å². The Morgan fingerprint density at radius 3 is 2.30 bits per heavy atom. The van der Waals surface area contributed by atoms with E-state index >= 15 is 0 Å². The highest BCUT2D eigenvalue weighted by Gasteiger charge is 2.31. The van der Waals surface area contributed by atoms with Crippen LogP contribution in [0.2, 0.25) is 0 Å². The van der Waals surface area contributed by atoms with Crippen molar-refractivity contribution in [1.29, 1.82) is 0 Å². The zero-order chi connectivity index (χ0) is 14.6. The van der Waals surface area contributed by atoms with Crippen LogP contribution in [0.3, 0.4) is 0 Å². The van der Waals surface area contributed by atoms with Crippen LogP contribution in [0.1, 0.15) is 32.1 Å². The smallest absolute Gasteiger partial charge is 0.243 e. The van der Waals surface area contributed by atoms with Crippen LogP contribution in [0.5, 0.6) is 0 Å². The third-order valence-electron chi connectivity index (χ3n) is 3.72. The van der Waals surface area contributed by atoms with Crippen molar-refractivity contribution < 1.29 is 17.9 Å². The molecule has 2 rings (SSSR count). The molecule has 1 fully saturated rings. The zero-order valence-corrected chi connectivity index (χ0v) is 12.2. The first kappa shape index (κ1) is 15.4. The molecule has 1 aromatic rings. The summed E-state index contributed by atoms with van der Waals surface area (Å²) in [5, 5.41) is 9.16. The molecule has 0 unspecified atom stereocenters. The molecule has 0 amide bonds. The lowest BCUT2D eigenvalue weighted by molar-refractivity contribution is 0.199. The Labute approximate surface area is 119 Å². The minimum Gasteiger partial charge on any atom is -0.395 e. The fraction of sp³-hybridized carbons (Fsp3) is 0.571. The van der Waals surface area contributed by atoms with Crippen molar-refractivity contribution in [3.63, 3.8) is 0 Å². The summed E-state index contributed by atoms with van der Waals surface area (Å²) in [6, 6.07) is 4.77. The number of aliphatic hydroxyl groups is 1. The topological polar surface area (TPSA) is 57.6 Å². The van der Waals surface area contributed by atoms with Crippen molar-refractivity contribution in [2.75, 3.05) is 13.2 Å². The number of hydrogen-bond donors (Lipinski definition) is 1. The van der Waals surface area contributed by atoms with E-state index in [9.17, 15) is 12.8 Å². The Morgan fingerprint density at radius 1 is 1.15 bits per heavy atom. The van der Waals surface area contributed by atoms with Gasteiger partial charge in [0.05, 0.1) is 11.5 Å². The second-order valence-corrected chi connectivity index (χ2v) is 6.98. The Morgan fingerprint density at radius 2 is 1.75 bits per heavy atom. The average molecular weight is 301 g/mol. The number of benzene rings is 1. The van der Waals surface area contributed by atoms with Crippen LogP contribution >= 0.6 is 0 Å². The average Bonchev–Trinajstić information content (AvgIpc) is 2.46. The number of nitrogens with zero attached hydrogens (tertiary/aromatic N) is 1. The van der Waals surface area contributed by atoms with Crippen LogP contribution in [-0.4, -0.2) is 37.0 Å². The quantitative estimate of drug-likeness (QED) is 0.906. The van der Waals surface area contributed by atoms with Gasteiger partial charge in [0.25, 0.3) is 0 Å². The minimum absolute atomic E-state index is 0.0639. The predicted octanol–water partition coefficient (Wildman–Crippen LogP) is 2.14. The first-order valence-corrected chi connectivity index (χ1v) is 8.38. The van der Waals surface area contributed by atoms with Crippen molar-refractivity contribution in [2.45, 2.75) is 43.0 Å². The molecule has 0 saturated heterocycles. The largest absolute Gasteiger partial charge is 0.395 e. The summed E-state index contributed by atoms with van der Waals surface area (Å²) >= 11 is 0. The molecule has 0 aromatic heterocycles. The van der Waals surface area contributed by atoms with Gasteiger partial charge in [0.2, 0.25) is 10.0 Å². The molecule has 1 aliphatic rings. The van der Waals surface area contributed by atoms with Gasteiger partial charge in [0, 0.05) is 12.6 Å². The summed E-state index contributed by atoms with van der Waals surface area (Å²) in [5.74, 6) is -0.463. The fourth-order valence-electron chi connectivity index (χ4n) is 2.71. The minimum atomic E-state index is -3.67. The van der Waals surface area contributed by atoms with Crippen molar-refractivity contribution in [1.82, 2.24) is 4.31 Å². The molecule has 1 N–H and O–H groups in total.